The lowest BCUT2D eigenvalue weighted by Crippen LogP contribution is -2.29. The van der Waals surface area contributed by atoms with Crippen LogP contribution in [-0.4, -0.2) is 95.5 Å². The molecule has 0 spiro atoms. The van der Waals surface area contributed by atoms with Gasteiger partial charge in [0.05, 0.1) is 17.2 Å². The molecule has 5 amide bonds. The van der Waals surface area contributed by atoms with Gasteiger partial charge in [0.15, 0.2) is 11.6 Å². The second kappa shape index (κ2) is 19.7. The van der Waals surface area contributed by atoms with Crippen LogP contribution >= 0.6 is 35.6 Å². The Hall–Kier alpha value is -6.31. The normalized spacial score (nSPS) is 10.7. The van der Waals surface area contributed by atoms with Gasteiger partial charge >= 0.3 is 0 Å². The summed E-state index contributed by atoms with van der Waals surface area (Å²) >= 11 is 11.8. The maximum absolute atomic E-state index is 13.3. The first-order valence-electron chi connectivity index (χ1n) is 17.4. The second-order valence-corrected chi connectivity index (χ2v) is 13.5. The third kappa shape index (κ3) is 11.0. The fourth-order valence-corrected chi connectivity index (χ4v) is 6.17. The van der Waals surface area contributed by atoms with Crippen LogP contribution < -0.4 is 37.2 Å². The molecule has 308 valence electrons. The zero-order valence-corrected chi connectivity index (χ0v) is 34.3. The van der Waals surface area contributed by atoms with Crippen molar-refractivity contribution in [2.75, 3.05) is 57.6 Å². The third-order valence-electron chi connectivity index (χ3n) is 8.58. The Balaban J connectivity index is 0.00000744. The number of aromatic nitrogens is 6. The minimum Gasteiger partial charge on any atom is -0.388 e. The van der Waals surface area contributed by atoms with E-state index in [1.165, 1.54) is 45.2 Å². The van der Waals surface area contributed by atoms with Crippen LogP contribution in [0.5, 0.6) is 0 Å². The average Bonchev–Trinajstić information content (AvgIpc) is 3.92. The molecular weight excluding hydrogens is 815 g/mol. The van der Waals surface area contributed by atoms with E-state index in [1.54, 1.807) is 50.2 Å². The number of benzene rings is 1. The number of carbonyl (C=O) groups excluding carboxylic acids is 5. The minimum atomic E-state index is -0.559. The lowest BCUT2D eigenvalue weighted by atomic mass is 10.1. The summed E-state index contributed by atoms with van der Waals surface area (Å²) in [5.41, 5.74) is 8.05. The van der Waals surface area contributed by atoms with Crippen LogP contribution in [0.3, 0.4) is 0 Å². The van der Waals surface area contributed by atoms with E-state index in [0.29, 0.717) is 41.8 Å². The molecule has 5 aromatic rings. The zero-order chi connectivity index (χ0) is 41.4. The SMILES string of the molecule is Cl.Cn1cc(NC(=O)c2cc(NC(=O)c3cc(NC(=O)c4ccc(N(CCCl)CCCl)cc4)cn3C)nn2C)cc1C(=O)Nc1cc(C(=O)NCCC(=N)N)n(C)n1. The largest absolute Gasteiger partial charge is 0.388 e. The van der Waals surface area contributed by atoms with Gasteiger partial charge in [0, 0.05) is 102 Å². The molecule has 0 saturated heterocycles. The summed E-state index contributed by atoms with van der Waals surface area (Å²) in [7, 11) is 6.36. The Morgan fingerprint density at radius 3 is 1.59 bits per heavy atom. The molecule has 4 heterocycles. The molecule has 0 unspecified atom stereocenters. The predicted molar refractivity (Wildman–Crippen MR) is 225 cm³/mol. The van der Waals surface area contributed by atoms with E-state index < -0.39 is 23.6 Å². The van der Waals surface area contributed by atoms with Crippen molar-refractivity contribution >= 4 is 99.7 Å². The predicted octanol–water partition coefficient (Wildman–Crippen LogP) is 3.60. The molecule has 0 aliphatic rings. The number of aryl methyl sites for hydroxylation is 4. The maximum atomic E-state index is 13.3. The molecule has 0 aliphatic heterocycles. The average molecular weight is 858 g/mol. The number of rotatable bonds is 17. The Labute approximate surface area is 349 Å². The standard InChI is InChI=1S/C36H42Cl2N14O5.ClH/c1-48-19-22(42-32(53)21-5-7-24(8-6-21)52(13-10-37)14-11-38)15-25(48)34(55)45-31-18-28(51(4)47-31)36(57)43-23-16-26(49(2)20-23)35(56)44-30-17-27(50(3)46-30)33(54)41-12-9-29(39)40;/h5-8,15-20H,9-14H2,1-4H3,(H3,39,40)(H,41,54)(H,42,53)(H,43,57)(H,44,46,56)(H,45,47,55);1H. The monoisotopic (exact) mass is 856 g/mol. The van der Waals surface area contributed by atoms with Gasteiger partial charge in [0.2, 0.25) is 0 Å². The van der Waals surface area contributed by atoms with Crippen molar-refractivity contribution in [3.63, 3.8) is 0 Å². The van der Waals surface area contributed by atoms with Crippen molar-refractivity contribution in [2.45, 2.75) is 6.42 Å². The highest BCUT2D eigenvalue weighted by molar-refractivity contribution is 6.18. The Bertz CT molecular complexity index is 2300. The molecule has 58 heavy (non-hydrogen) atoms. The molecule has 0 bridgehead atoms. The van der Waals surface area contributed by atoms with Gasteiger partial charge in [0.1, 0.15) is 22.8 Å². The first kappa shape index (κ1) is 44.4. The number of hydrogen-bond donors (Lipinski definition) is 7. The van der Waals surface area contributed by atoms with Crippen LogP contribution in [-0.2, 0) is 28.2 Å². The third-order valence-corrected chi connectivity index (χ3v) is 8.92. The summed E-state index contributed by atoms with van der Waals surface area (Å²) in [6.45, 7) is 1.41. The Morgan fingerprint density at radius 2 is 1.12 bits per heavy atom. The number of nitrogens with one attached hydrogen (secondary N) is 6. The molecule has 4 aromatic heterocycles. The summed E-state index contributed by atoms with van der Waals surface area (Å²) in [6.07, 6.45) is 3.33. The maximum Gasteiger partial charge on any atom is 0.274 e. The van der Waals surface area contributed by atoms with Gasteiger partial charge in [-0.15, -0.1) is 35.6 Å². The summed E-state index contributed by atoms with van der Waals surface area (Å²) in [5.74, 6) is -1.40. The summed E-state index contributed by atoms with van der Waals surface area (Å²) in [4.78, 5) is 67.1. The number of amides is 5. The van der Waals surface area contributed by atoms with E-state index >= 15 is 0 Å². The summed E-state index contributed by atoms with van der Waals surface area (Å²) in [6, 6.07) is 12.8. The van der Waals surface area contributed by atoms with Crippen molar-refractivity contribution in [3.8, 4) is 0 Å². The van der Waals surface area contributed by atoms with Crippen molar-refractivity contribution < 1.29 is 24.0 Å². The van der Waals surface area contributed by atoms with Gasteiger partial charge in [-0.1, -0.05) is 0 Å². The molecule has 0 aliphatic carbocycles. The smallest absolute Gasteiger partial charge is 0.274 e. The number of nitrogens with zero attached hydrogens (tertiary/aromatic N) is 7. The van der Waals surface area contributed by atoms with E-state index in [-0.39, 0.29) is 71.5 Å². The van der Waals surface area contributed by atoms with E-state index in [1.807, 2.05) is 17.0 Å². The molecule has 0 saturated carbocycles. The topological polar surface area (TPSA) is 244 Å². The van der Waals surface area contributed by atoms with E-state index in [2.05, 4.69) is 36.8 Å². The summed E-state index contributed by atoms with van der Waals surface area (Å²) in [5, 5.41) is 29.2. The second-order valence-electron chi connectivity index (χ2n) is 12.8. The van der Waals surface area contributed by atoms with Crippen LogP contribution in [0.15, 0.2) is 60.9 Å². The van der Waals surface area contributed by atoms with Gasteiger partial charge in [-0.05, 0) is 36.4 Å². The number of anilines is 5. The van der Waals surface area contributed by atoms with E-state index in [9.17, 15) is 24.0 Å². The fourth-order valence-electron chi connectivity index (χ4n) is 5.76. The van der Waals surface area contributed by atoms with Crippen LogP contribution in [0.1, 0.15) is 58.7 Å². The van der Waals surface area contributed by atoms with Crippen molar-refractivity contribution in [3.05, 3.63) is 89.3 Å². The van der Waals surface area contributed by atoms with Gasteiger partial charge in [-0.25, -0.2) is 0 Å². The van der Waals surface area contributed by atoms with E-state index in [4.69, 9.17) is 34.3 Å². The Kier molecular flexibility index (Phi) is 15.1. The highest BCUT2D eigenvalue weighted by Crippen LogP contribution is 2.21. The molecule has 19 nitrogen and oxygen atoms in total. The molecule has 0 radical (unpaired) electrons. The lowest BCUT2D eigenvalue weighted by Gasteiger charge is -2.22. The highest BCUT2D eigenvalue weighted by atomic mass is 35.5. The fraction of sp³-hybridized carbons (Fsp3) is 0.278. The molecule has 1 aromatic carbocycles. The molecule has 8 N–H and O–H groups in total. The number of amidine groups is 1. The van der Waals surface area contributed by atoms with Gasteiger partial charge < -0.3 is 46.4 Å². The van der Waals surface area contributed by atoms with Gasteiger partial charge in [-0.3, -0.25) is 38.7 Å². The van der Waals surface area contributed by atoms with Crippen LogP contribution in [0.25, 0.3) is 0 Å². The Morgan fingerprint density at radius 1 is 0.672 bits per heavy atom. The number of nitrogens with two attached hydrogens (primary N) is 1. The first-order valence-corrected chi connectivity index (χ1v) is 18.5. The number of hydrogen-bond acceptors (Lipinski definition) is 9. The van der Waals surface area contributed by atoms with Crippen LogP contribution in [0.4, 0.5) is 28.7 Å². The minimum absolute atomic E-state index is 0. The summed E-state index contributed by atoms with van der Waals surface area (Å²) < 4.78 is 5.66. The highest BCUT2D eigenvalue weighted by Gasteiger charge is 2.21. The first-order chi connectivity index (χ1) is 27.2. The molecular formula is C36H43Cl3N14O5. The van der Waals surface area contributed by atoms with Gasteiger partial charge in [0.25, 0.3) is 29.5 Å². The molecule has 0 fully saturated rings. The van der Waals surface area contributed by atoms with Crippen LogP contribution in [0.2, 0.25) is 0 Å². The zero-order valence-electron chi connectivity index (χ0n) is 31.9. The van der Waals surface area contributed by atoms with Crippen LogP contribution in [0, 0.1) is 5.41 Å². The number of carbonyl (C=O) groups is 5. The number of halogens is 3. The molecule has 0 atom stereocenters. The molecule has 22 heteroatoms. The van der Waals surface area contributed by atoms with Crippen molar-refractivity contribution in [2.24, 2.45) is 33.9 Å². The number of alkyl halides is 2. The lowest BCUT2D eigenvalue weighted by molar-refractivity contribution is 0.0942. The van der Waals surface area contributed by atoms with E-state index in [0.717, 1.165) is 5.69 Å². The van der Waals surface area contributed by atoms with Crippen molar-refractivity contribution in [1.82, 2.24) is 34.0 Å². The van der Waals surface area contributed by atoms with Crippen molar-refractivity contribution in [1.29, 1.82) is 5.41 Å². The quantitative estimate of drug-likeness (QED) is 0.0410. The van der Waals surface area contributed by atoms with Gasteiger partial charge in [-0.2, -0.15) is 10.2 Å². The molecule has 5 rings (SSSR count).